The molecular weight excluding hydrogens is 290 g/mol. The highest BCUT2D eigenvalue weighted by Gasteiger charge is 2.35. The van der Waals surface area contributed by atoms with Crippen molar-refractivity contribution in [2.75, 3.05) is 26.3 Å². The highest BCUT2D eigenvalue weighted by Crippen LogP contribution is 2.18. The fraction of sp³-hybridized carbons (Fsp3) is 0.611. The van der Waals surface area contributed by atoms with E-state index in [9.17, 15) is 4.79 Å². The Bertz CT molecular complexity index is 535. The molecule has 0 aliphatic carbocycles. The molecule has 0 saturated carbocycles. The molecule has 2 aliphatic heterocycles. The summed E-state index contributed by atoms with van der Waals surface area (Å²) in [6, 6.07) is 8.47. The number of carbonyl (C=O) groups excluding carboxylic acids is 1. The summed E-state index contributed by atoms with van der Waals surface area (Å²) in [5, 5.41) is 3.00. The fourth-order valence-corrected chi connectivity index (χ4v) is 3.36. The van der Waals surface area contributed by atoms with Crippen LogP contribution in [0.1, 0.15) is 36.8 Å². The molecule has 3 N–H and O–H groups in total. The lowest BCUT2D eigenvalue weighted by molar-refractivity contribution is -0.129. The highest BCUT2D eigenvalue weighted by atomic mass is 16.5. The zero-order valence-electron chi connectivity index (χ0n) is 13.7. The Labute approximate surface area is 138 Å². The van der Waals surface area contributed by atoms with Crippen LogP contribution in [0.5, 0.6) is 0 Å². The van der Waals surface area contributed by atoms with E-state index in [0.717, 1.165) is 12.1 Å². The maximum absolute atomic E-state index is 12.4. The first kappa shape index (κ1) is 16.4. The van der Waals surface area contributed by atoms with Crippen LogP contribution in [-0.2, 0) is 22.6 Å². The summed E-state index contributed by atoms with van der Waals surface area (Å²) in [5.74, 6) is -0.0641. The first-order valence-electron chi connectivity index (χ1n) is 8.61. The molecule has 126 valence electrons. The molecule has 0 unspecified atom stereocenters. The molecule has 3 rings (SSSR count). The molecule has 1 aromatic rings. The third-order valence-electron chi connectivity index (χ3n) is 4.89. The lowest BCUT2D eigenvalue weighted by Crippen LogP contribution is -2.56. The summed E-state index contributed by atoms with van der Waals surface area (Å²) in [6.07, 6.45) is 3.79. The molecule has 1 amide bonds. The normalized spacial score (nSPS) is 21.3. The predicted molar refractivity (Wildman–Crippen MR) is 89.8 cm³/mol. The van der Waals surface area contributed by atoms with Crippen molar-refractivity contribution in [3.05, 3.63) is 35.4 Å². The van der Waals surface area contributed by atoms with Gasteiger partial charge in [0.25, 0.3) is 0 Å². The van der Waals surface area contributed by atoms with Gasteiger partial charge in [0.15, 0.2) is 0 Å². The molecule has 2 fully saturated rings. The first-order chi connectivity index (χ1) is 11.2. The van der Waals surface area contributed by atoms with Crippen molar-refractivity contribution in [3.63, 3.8) is 0 Å². The number of hydrogen-bond donors (Lipinski definition) is 2. The molecule has 5 nitrogen and oxygen atoms in total. The summed E-state index contributed by atoms with van der Waals surface area (Å²) in [4.78, 5) is 14.8. The van der Waals surface area contributed by atoms with Gasteiger partial charge in [0.1, 0.15) is 0 Å². The van der Waals surface area contributed by atoms with Crippen molar-refractivity contribution >= 4 is 5.91 Å². The van der Waals surface area contributed by atoms with Crippen molar-refractivity contribution in [3.8, 4) is 0 Å². The molecule has 0 bridgehead atoms. The van der Waals surface area contributed by atoms with E-state index >= 15 is 0 Å². The van der Waals surface area contributed by atoms with E-state index in [1.807, 2.05) is 0 Å². The average molecular weight is 317 g/mol. The minimum atomic E-state index is -0.772. The van der Waals surface area contributed by atoms with Crippen LogP contribution in [0.25, 0.3) is 0 Å². The van der Waals surface area contributed by atoms with E-state index in [-0.39, 0.29) is 5.91 Å². The minimum Gasteiger partial charge on any atom is -0.381 e. The fourth-order valence-electron chi connectivity index (χ4n) is 3.36. The van der Waals surface area contributed by atoms with Crippen LogP contribution in [0.3, 0.4) is 0 Å². The molecule has 5 heteroatoms. The zero-order valence-corrected chi connectivity index (χ0v) is 13.7. The van der Waals surface area contributed by atoms with E-state index in [2.05, 4.69) is 34.5 Å². The van der Waals surface area contributed by atoms with Gasteiger partial charge in [-0.05, 0) is 49.9 Å². The second kappa shape index (κ2) is 7.43. The zero-order chi connectivity index (χ0) is 16.1. The predicted octanol–water partition coefficient (Wildman–Crippen LogP) is 1.41. The molecule has 1 aromatic carbocycles. The second-order valence-electron chi connectivity index (χ2n) is 6.75. The third-order valence-corrected chi connectivity index (χ3v) is 4.89. The Balaban J connectivity index is 1.54. The van der Waals surface area contributed by atoms with Gasteiger partial charge >= 0.3 is 0 Å². The molecule has 2 heterocycles. The van der Waals surface area contributed by atoms with Gasteiger partial charge in [-0.25, -0.2) is 0 Å². The standard InChI is InChI=1S/C18H27N3O2/c19-18(6-10-23-11-7-18)17(22)20-13-15-4-3-5-16(12-15)14-21-8-1-2-9-21/h3-5,12H,1-2,6-11,13-14,19H2,(H,20,22). The van der Waals surface area contributed by atoms with E-state index < -0.39 is 5.54 Å². The molecule has 2 saturated heterocycles. The number of hydrogen-bond acceptors (Lipinski definition) is 4. The van der Waals surface area contributed by atoms with Gasteiger partial charge in [-0.15, -0.1) is 0 Å². The number of carbonyl (C=O) groups is 1. The smallest absolute Gasteiger partial charge is 0.240 e. The van der Waals surface area contributed by atoms with Crippen molar-refractivity contribution in [1.82, 2.24) is 10.2 Å². The van der Waals surface area contributed by atoms with Crippen LogP contribution in [0, 0.1) is 0 Å². The first-order valence-corrected chi connectivity index (χ1v) is 8.61. The Morgan fingerprint density at radius 1 is 1.22 bits per heavy atom. The SMILES string of the molecule is NC1(C(=O)NCc2cccc(CN3CCCC3)c2)CCOCC1. The van der Waals surface area contributed by atoms with Crippen LogP contribution in [0.15, 0.2) is 24.3 Å². The number of benzene rings is 1. The number of ether oxygens (including phenoxy) is 1. The quantitative estimate of drug-likeness (QED) is 0.861. The number of likely N-dealkylation sites (tertiary alicyclic amines) is 1. The number of amides is 1. The van der Waals surface area contributed by atoms with Gasteiger partial charge in [-0.2, -0.15) is 0 Å². The number of nitrogens with two attached hydrogens (primary N) is 1. The van der Waals surface area contributed by atoms with E-state index in [4.69, 9.17) is 10.5 Å². The molecule has 0 aromatic heterocycles. The monoisotopic (exact) mass is 317 g/mol. The van der Waals surface area contributed by atoms with Gasteiger partial charge in [0, 0.05) is 26.3 Å². The van der Waals surface area contributed by atoms with Crippen LogP contribution in [-0.4, -0.2) is 42.6 Å². The maximum atomic E-state index is 12.4. The van der Waals surface area contributed by atoms with Crippen molar-refractivity contribution in [2.24, 2.45) is 5.73 Å². The van der Waals surface area contributed by atoms with Crippen LogP contribution >= 0.6 is 0 Å². The summed E-state index contributed by atoms with van der Waals surface area (Å²) < 4.78 is 5.29. The maximum Gasteiger partial charge on any atom is 0.240 e. The summed E-state index contributed by atoms with van der Waals surface area (Å²) >= 11 is 0. The van der Waals surface area contributed by atoms with E-state index in [0.29, 0.717) is 32.6 Å². The molecule has 2 aliphatic rings. The number of nitrogens with zero attached hydrogens (tertiary/aromatic N) is 1. The lowest BCUT2D eigenvalue weighted by Gasteiger charge is -2.31. The third kappa shape index (κ3) is 4.31. The van der Waals surface area contributed by atoms with Gasteiger partial charge in [0.2, 0.25) is 5.91 Å². The van der Waals surface area contributed by atoms with Crippen molar-refractivity contribution in [2.45, 2.75) is 44.3 Å². The largest absolute Gasteiger partial charge is 0.381 e. The molecular formula is C18H27N3O2. The lowest BCUT2D eigenvalue weighted by atomic mass is 9.90. The van der Waals surface area contributed by atoms with Gasteiger partial charge in [-0.1, -0.05) is 24.3 Å². The van der Waals surface area contributed by atoms with E-state index in [1.54, 1.807) is 0 Å². The highest BCUT2D eigenvalue weighted by molar-refractivity contribution is 5.86. The molecule has 0 atom stereocenters. The number of rotatable bonds is 5. The van der Waals surface area contributed by atoms with Crippen molar-refractivity contribution < 1.29 is 9.53 Å². The Morgan fingerprint density at radius 2 is 1.91 bits per heavy atom. The Kier molecular flexibility index (Phi) is 5.30. The Morgan fingerprint density at radius 3 is 2.65 bits per heavy atom. The van der Waals surface area contributed by atoms with Gasteiger partial charge in [-0.3, -0.25) is 9.69 Å². The summed E-state index contributed by atoms with van der Waals surface area (Å²) in [6.45, 7) is 5.05. The Hall–Kier alpha value is -1.43. The van der Waals surface area contributed by atoms with Crippen LogP contribution < -0.4 is 11.1 Å². The summed E-state index contributed by atoms with van der Waals surface area (Å²) in [7, 11) is 0. The molecule has 0 radical (unpaired) electrons. The molecule has 23 heavy (non-hydrogen) atoms. The van der Waals surface area contributed by atoms with Crippen LogP contribution in [0.4, 0.5) is 0 Å². The second-order valence-corrected chi connectivity index (χ2v) is 6.75. The van der Waals surface area contributed by atoms with Gasteiger partial charge in [0.05, 0.1) is 5.54 Å². The summed E-state index contributed by atoms with van der Waals surface area (Å²) in [5.41, 5.74) is 7.88. The van der Waals surface area contributed by atoms with Gasteiger partial charge < -0.3 is 15.8 Å². The average Bonchev–Trinajstić information content (AvgIpc) is 3.06. The van der Waals surface area contributed by atoms with Crippen LogP contribution in [0.2, 0.25) is 0 Å². The minimum absolute atomic E-state index is 0.0641. The molecule has 0 spiro atoms. The number of nitrogens with one attached hydrogen (secondary N) is 1. The topological polar surface area (TPSA) is 67.6 Å². The van der Waals surface area contributed by atoms with Crippen molar-refractivity contribution in [1.29, 1.82) is 0 Å². The van der Waals surface area contributed by atoms with E-state index in [1.165, 1.54) is 31.5 Å².